The van der Waals surface area contributed by atoms with Crippen molar-refractivity contribution >= 4 is 5.82 Å². The minimum absolute atomic E-state index is 0.0894. The Morgan fingerprint density at radius 3 is 2.47 bits per heavy atom. The van der Waals surface area contributed by atoms with Gasteiger partial charge in [-0.05, 0) is 37.5 Å². The van der Waals surface area contributed by atoms with Crippen molar-refractivity contribution in [3.8, 4) is 0 Å². The zero-order valence-electron chi connectivity index (χ0n) is 10.7. The molecule has 1 aromatic rings. The summed E-state index contributed by atoms with van der Waals surface area (Å²) in [6.07, 6.45) is 8.54. The number of hydrogen-bond acceptors (Lipinski definition) is 3. The molecule has 3 nitrogen and oxygen atoms in total. The number of nitrogens with two attached hydrogens (primary N) is 1. The maximum absolute atomic E-state index is 5.92. The van der Waals surface area contributed by atoms with Gasteiger partial charge in [-0.25, -0.2) is 4.98 Å². The molecule has 17 heavy (non-hydrogen) atoms. The van der Waals surface area contributed by atoms with Crippen molar-refractivity contribution in [2.24, 2.45) is 5.73 Å². The molecule has 0 amide bonds. The van der Waals surface area contributed by atoms with Gasteiger partial charge in [0.15, 0.2) is 0 Å². The van der Waals surface area contributed by atoms with Gasteiger partial charge in [0.1, 0.15) is 5.82 Å². The Morgan fingerprint density at radius 2 is 1.82 bits per heavy atom. The maximum atomic E-state index is 5.92. The summed E-state index contributed by atoms with van der Waals surface area (Å²) in [6, 6.07) is 4.25. The van der Waals surface area contributed by atoms with E-state index in [-0.39, 0.29) is 6.04 Å². The molecule has 1 fully saturated rings. The van der Waals surface area contributed by atoms with Crippen molar-refractivity contribution in [1.82, 2.24) is 4.98 Å². The molecular formula is C14H23N3. The van der Waals surface area contributed by atoms with Crippen LogP contribution in [0.2, 0.25) is 0 Å². The average Bonchev–Trinajstić information content (AvgIpc) is 2.28. The highest BCUT2D eigenvalue weighted by Gasteiger charge is 2.11. The van der Waals surface area contributed by atoms with Crippen LogP contribution in [0.3, 0.4) is 0 Å². The molecule has 2 heterocycles. The van der Waals surface area contributed by atoms with Crippen LogP contribution in [0.15, 0.2) is 18.3 Å². The molecule has 2 N–H and O–H groups in total. The van der Waals surface area contributed by atoms with Gasteiger partial charge in [0.2, 0.25) is 0 Å². The molecular weight excluding hydrogens is 210 g/mol. The topological polar surface area (TPSA) is 42.1 Å². The van der Waals surface area contributed by atoms with Gasteiger partial charge in [-0.3, -0.25) is 0 Å². The first-order chi connectivity index (χ1) is 8.27. The second kappa shape index (κ2) is 6.01. The second-order valence-corrected chi connectivity index (χ2v) is 4.99. The number of hydrogen-bond donors (Lipinski definition) is 1. The fourth-order valence-corrected chi connectivity index (χ4v) is 2.37. The van der Waals surface area contributed by atoms with Gasteiger partial charge in [-0.1, -0.05) is 19.3 Å². The van der Waals surface area contributed by atoms with Crippen molar-refractivity contribution in [2.75, 3.05) is 18.0 Å². The normalized spacial score (nSPS) is 19.5. The number of pyridine rings is 1. The third kappa shape index (κ3) is 3.43. The van der Waals surface area contributed by atoms with E-state index < -0.39 is 0 Å². The zero-order valence-corrected chi connectivity index (χ0v) is 10.7. The Bertz CT molecular complexity index is 341. The summed E-state index contributed by atoms with van der Waals surface area (Å²) < 4.78 is 0. The van der Waals surface area contributed by atoms with Gasteiger partial charge in [0.25, 0.3) is 0 Å². The summed E-state index contributed by atoms with van der Waals surface area (Å²) in [6.45, 7) is 4.29. The molecule has 1 aromatic heterocycles. The van der Waals surface area contributed by atoms with Crippen LogP contribution < -0.4 is 10.6 Å². The molecule has 3 heteroatoms. The SMILES string of the molecule is C[C@H](N)c1ccnc(N2CCCCCCC2)c1. The highest BCUT2D eigenvalue weighted by atomic mass is 15.2. The molecule has 1 aliphatic heterocycles. The van der Waals surface area contributed by atoms with E-state index >= 15 is 0 Å². The van der Waals surface area contributed by atoms with Crippen molar-refractivity contribution in [3.05, 3.63) is 23.9 Å². The highest BCUT2D eigenvalue weighted by molar-refractivity contribution is 5.41. The first kappa shape index (κ1) is 12.4. The number of aromatic nitrogens is 1. The van der Waals surface area contributed by atoms with Crippen LogP contribution in [0.1, 0.15) is 50.6 Å². The molecule has 2 rings (SSSR count). The minimum Gasteiger partial charge on any atom is -0.357 e. The standard InChI is InChI=1S/C14H23N3/c1-12(15)13-7-8-16-14(11-13)17-9-5-3-2-4-6-10-17/h7-8,11-12H,2-6,9-10,15H2,1H3/t12-/m0/s1. The van der Waals surface area contributed by atoms with Crippen LogP contribution in [0.25, 0.3) is 0 Å². The van der Waals surface area contributed by atoms with Crippen molar-refractivity contribution in [2.45, 2.75) is 45.1 Å². The van der Waals surface area contributed by atoms with E-state index in [0.29, 0.717) is 0 Å². The van der Waals surface area contributed by atoms with E-state index in [1.807, 2.05) is 19.2 Å². The predicted molar refractivity (Wildman–Crippen MR) is 72.1 cm³/mol. The molecule has 1 atom stereocenters. The lowest BCUT2D eigenvalue weighted by atomic mass is 10.1. The van der Waals surface area contributed by atoms with Crippen LogP contribution in [0, 0.1) is 0 Å². The number of rotatable bonds is 2. The van der Waals surface area contributed by atoms with E-state index in [1.54, 1.807) is 0 Å². The summed E-state index contributed by atoms with van der Waals surface area (Å²) in [7, 11) is 0. The summed E-state index contributed by atoms with van der Waals surface area (Å²) in [5, 5.41) is 0. The molecule has 0 bridgehead atoms. The zero-order chi connectivity index (χ0) is 12.1. The van der Waals surface area contributed by atoms with E-state index in [0.717, 1.165) is 18.9 Å². The van der Waals surface area contributed by atoms with E-state index in [9.17, 15) is 0 Å². The largest absolute Gasteiger partial charge is 0.357 e. The molecule has 1 saturated heterocycles. The van der Waals surface area contributed by atoms with Crippen molar-refractivity contribution in [1.29, 1.82) is 0 Å². The predicted octanol–water partition coefficient (Wildman–Crippen LogP) is 2.87. The Morgan fingerprint density at radius 1 is 1.18 bits per heavy atom. The van der Waals surface area contributed by atoms with Crippen LogP contribution in [0.4, 0.5) is 5.82 Å². The van der Waals surface area contributed by atoms with E-state index in [4.69, 9.17) is 5.73 Å². The summed E-state index contributed by atoms with van der Waals surface area (Å²) in [5.41, 5.74) is 7.10. The van der Waals surface area contributed by atoms with Crippen LogP contribution in [-0.2, 0) is 0 Å². The maximum Gasteiger partial charge on any atom is 0.128 e. The Labute approximate surface area is 104 Å². The molecule has 0 aliphatic carbocycles. The molecule has 0 unspecified atom stereocenters. The van der Waals surface area contributed by atoms with Crippen molar-refractivity contribution < 1.29 is 0 Å². The van der Waals surface area contributed by atoms with Crippen LogP contribution in [0.5, 0.6) is 0 Å². The minimum atomic E-state index is 0.0894. The number of anilines is 1. The second-order valence-electron chi connectivity index (χ2n) is 4.99. The monoisotopic (exact) mass is 233 g/mol. The Kier molecular flexibility index (Phi) is 4.37. The first-order valence-electron chi connectivity index (χ1n) is 6.74. The van der Waals surface area contributed by atoms with E-state index in [2.05, 4.69) is 16.0 Å². The Balaban J connectivity index is 2.10. The summed E-state index contributed by atoms with van der Waals surface area (Å²) in [5.74, 6) is 1.10. The van der Waals surface area contributed by atoms with Crippen molar-refractivity contribution in [3.63, 3.8) is 0 Å². The fraction of sp³-hybridized carbons (Fsp3) is 0.643. The third-order valence-electron chi connectivity index (χ3n) is 3.48. The van der Waals surface area contributed by atoms with Gasteiger partial charge >= 0.3 is 0 Å². The van der Waals surface area contributed by atoms with Crippen LogP contribution >= 0.6 is 0 Å². The molecule has 0 radical (unpaired) electrons. The van der Waals surface area contributed by atoms with Gasteiger partial charge in [0, 0.05) is 25.3 Å². The third-order valence-corrected chi connectivity index (χ3v) is 3.48. The lowest BCUT2D eigenvalue weighted by Gasteiger charge is -2.26. The molecule has 0 aromatic carbocycles. The average molecular weight is 233 g/mol. The number of nitrogens with zero attached hydrogens (tertiary/aromatic N) is 2. The van der Waals surface area contributed by atoms with Gasteiger partial charge < -0.3 is 10.6 Å². The van der Waals surface area contributed by atoms with E-state index in [1.165, 1.54) is 37.7 Å². The highest BCUT2D eigenvalue weighted by Crippen LogP contribution is 2.20. The molecule has 0 saturated carbocycles. The lowest BCUT2D eigenvalue weighted by molar-refractivity contribution is 0.553. The smallest absolute Gasteiger partial charge is 0.128 e. The summed E-state index contributed by atoms with van der Waals surface area (Å²) in [4.78, 5) is 6.90. The lowest BCUT2D eigenvalue weighted by Crippen LogP contribution is -2.28. The molecule has 94 valence electrons. The Hall–Kier alpha value is -1.09. The quantitative estimate of drug-likeness (QED) is 0.854. The van der Waals surface area contributed by atoms with Gasteiger partial charge in [0.05, 0.1) is 0 Å². The van der Waals surface area contributed by atoms with Gasteiger partial charge in [-0.15, -0.1) is 0 Å². The first-order valence-corrected chi connectivity index (χ1v) is 6.74. The summed E-state index contributed by atoms with van der Waals surface area (Å²) >= 11 is 0. The molecule has 0 spiro atoms. The fourth-order valence-electron chi connectivity index (χ4n) is 2.37. The molecule has 1 aliphatic rings. The van der Waals surface area contributed by atoms with Crippen LogP contribution in [-0.4, -0.2) is 18.1 Å². The van der Waals surface area contributed by atoms with Gasteiger partial charge in [-0.2, -0.15) is 0 Å².